The van der Waals surface area contributed by atoms with E-state index in [4.69, 9.17) is 15.3 Å². The average Bonchev–Trinajstić information content (AvgIpc) is 2.08. The van der Waals surface area contributed by atoms with E-state index >= 15 is 0 Å². The van der Waals surface area contributed by atoms with E-state index in [0.29, 0.717) is 0 Å². The van der Waals surface area contributed by atoms with Crippen LogP contribution in [0.15, 0.2) is 5.10 Å². The molecule has 0 fully saturated rings. The lowest BCUT2D eigenvalue weighted by Crippen LogP contribution is -3.16. The highest BCUT2D eigenvalue weighted by atomic mass is 16.9. The van der Waals surface area contributed by atoms with Crippen LogP contribution in [0.5, 0.6) is 0 Å². The van der Waals surface area contributed by atoms with Gasteiger partial charge in [0.2, 0.25) is 5.84 Å². The van der Waals surface area contributed by atoms with Gasteiger partial charge in [-0.2, -0.15) is 10.1 Å². The summed E-state index contributed by atoms with van der Waals surface area (Å²) >= 11 is 0. The summed E-state index contributed by atoms with van der Waals surface area (Å²) in [5.41, 5.74) is 3.01. The maximum atomic E-state index is 8.25. The van der Waals surface area contributed by atoms with Crippen molar-refractivity contribution >= 4 is 5.84 Å². The molecule has 8 heteroatoms. The van der Waals surface area contributed by atoms with E-state index in [1.807, 2.05) is 21.0 Å². The topological polar surface area (TPSA) is 98.3 Å². The van der Waals surface area contributed by atoms with Crippen LogP contribution in [0.2, 0.25) is 0 Å². The fraction of sp³-hybridized carbons (Fsp3) is 0.750. The first-order valence-electron chi connectivity index (χ1n) is 3.14. The van der Waals surface area contributed by atoms with Crippen LogP contribution in [0.25, 0.3) is 0 Å². The molecule has 0 saturated carbocycles. The van der Waals surface area contributed by atoms with Crippen LogP contribution in [0, 0.1) is 15.3 Å². The first-order chi connectivity index (χ1) is 5.43. The van der Waals surface area contributed by atoms with Crippen molar-refractivity contribution in [2.45, 2.75) is 6.92 Å². The first kappa shape index (κ1) is 10.6. The number of hydrogen-bond acceptors (Lipinski definition) is 6. The van der Waals surface area contributed by atoms with Gasteiger partial charge in [-0.25, -0.2) is 0 Å². The lowest BCUT2D eigenvalue weighted by Gasteiger charge is -2.05. The highest BCUT2D eigenvalue weighted by Gasteiger charge is 2.15. The zero-order chi connectivity index (χ0) is 9.72. The molecule has 70 valence electrons. The molecule has 1 unspecified atom stereocenters. The molecule has 0 aromatic carbocycles. The van der Waals surface area contributed by atoms with Gasteiger partial charge in [-0.1, -0.05) is 5.53 Å². The summed E-state index contributed by atoms with van der Waals surface area (Å²) in [6, 6.07) is 0. The van der Waals surface area contributed by atoms with Crippen LogP contribution >= 0.6 is 0 Å². The molecule has 1 rings (SSSR count). The molecule has 0 aromatic heterocycles. The van der Waals surface area contributed by atoms with Crippen LogP contribution in [-0.4, -0.2) is 30.1 Å². The predicted octanol–water partition coefficient (Wildman–Crippen LogP) is -2.04. The fourth-order valence-electron chi connectivity index (χ4n) is 0.649. The van der Waals surface area contributed by atoms with Gasteiger partial charge in [0.15, 0.2) is 0 Å². The van der Waals surface area contributed by atoms with Crippen molar-refractivity contribution < 1.29 is 10.1 Å². The largest absolute Gasteiger partial charge is 0.356 e. The van der Waals surface area contributed by atoms with Crippen molar-refractivity contribution in [2.75, 3.05) is 14.1 Å². The summed E-state index contributed by atoms with van der Waals surface area (Å²) < 4.78 is 0. The summed E-state index contributed by atoms with van der Waals surface area (Å²) in [5, 5.41) is 21.7. The minimum absolute atomic E-state index is 1.06. The van der Waals surface area contributed by atoms with Crippen molar-refractivity contribution in [1.82, 2.24) is 10.7 Å². The second kappa shape index (κ2) is 4.46. The monoisotopic (exact) mass is 177 g/mol. The summed E-state index contributed by atoms with van der Waals surface area (Å²) in [7, 11) is 3.88. The Morgan fingerprint density at radius 3 is 2.17 bits per heavy atom. The molecule has 12 heavy (non-hydrogen) atoms. The number of quaternary nitrogens is 1. The van der Waals surface area contributed by atoms with Gasteiger partial charge in [-0.15, -0.1) is 5.10 Å². The zero-order valence-corrected chi connectivity index (χ0v) is 7.07. The Hall–Kier alpha value is -1.41. The van der Waals surface area contributed by atoms with Crippen molar-refractivity contribution in [3.8, 4) is 0 Å². The van der Waals surface area contributed by atoms with E-state index in [1.165, 1.54) is 0 Å². The Morgan fingerprint density at radius 2 is 2.08 bits per heavy atom. The lowest BCUT2D eigenvalue weighted by molar-refractivity contribution is -0.843. The van der Waals surface area contributed by atoms with Gasteiger partial charge in [-0.05, 0) is 0 Å². The van der Waals surface area contributed by atoms with Crippen LogP contribution < -0.4 is 10.5 Å². The molecule has 0 bridgehead atoms. The Morgan fingerprint density at radius 1 is 1.67 bits per heavy atom. The van der Waals surface area contributed by atoms with Crippen molar-refractivity contribution in [2.24, 2.45) is 5.10 Å². The maximum absolute atomic E-state index is 8.25. The SMILES string of the molecule is CC1=NN(C)N[NH+]1C.O=[N+]([O-])[O-]. The smallest absolute Gasteiger partial charge is 0.237 e. The molecule has 0 aromatic rings. The van der Waals surface area contributed by atoms with Gasteiger partial charge in [0.05, 0.1) is 12.1 Å². The van der Waals surface area contributed by atoms with Gasteiger partial charge in [-0.3, -0.25) is 0 Å². The van der Waals surface area contributed by atoms with Crippen LogP contribution in [-0.2, 0) is 0 Å². The molecule has 2 N–H and O–H groups in total. The molecule has 8 nitrogen and oxygen atoms in total. The molecule has 0 saturated heterocycles. The summed E-state index contributed by atoms with van der Waals surface area (Å²) in [4.78, 5) is 8.25. The quantitative estimate of drug-likeness (QED) is 0.328. The Kier molecular flexibility index (Phi) is 3.94. The van der Waals surface area contributed by atoms with Gasteiger partial charge in [0.1, 0.15) is 0 Å². The third-order valence-corrected chi connectivity index (χ3v) is 1.17. The highest BCUT2D eigenvalue weighted by Crippen LogP contribution is 1.76. The van der Waals surface area contributed by atoms with E-state index in [9.17, 15) is 0 Å². The number of nitrogens with one attached hydrogen (secondary N) is 2. The lowest BCUT2D eigenvalue weighted by atomic mass is 10.7. The van der Waals surface area contributed by atoms with E-state index < -0.39 is 5.09 Å². The van der Waals surface area contributed by atoms with E-state index in [1.54, 1.807) is 5.12 Å². The van der Waals surface area contributed by atoms with Crippen LogP contribution in [0.3, 0.4) is 0 Å². The zero-order valence-electron chi connectivity index (χ0n) is 7.07. The molecule has 0 aliphatic carbocycles. The Bertz CT molecular complexity index is 189. The van der Waals surface area contributed by atoms with Crippen molar-refractivity contribution in [3.63, 3.8) is 0 Å². The number of hydrazone groups is 1. The third kappa shape index (κ3) is 4.41. The molecule has 1 aliphatic heterocycles. The minimum atomic E-state index is -1.75. The number of hydrogen-bond donors (Lipinski definition) is 2. The Labute approximate surface area is 69.1 Å². The molecule has 0 amide bonds. The average molecular weight is 177 g/mol. The summed E-state index contributed by atoms with van der Waals surface area (Å²) in [6.07, 6.45) is 0. The van der Waals surface area contributed by atoms with E-state index in [2.05, 4.69) is 10.6 Å². The van der Waals surface area contributed by atoms with Crippen LogP contribution in [0.1, 0.15) is 6.92 Å². The second-order valence-corrected chi connectivity index (χ2v) is 2.17. The molecule has 0 spiro atoms. The summed E-state index contributed by atoms with van der Waals surface area (Å²) in [6.45, 7) is 1.98. The normalized spacial score (nSPS) is 21.1. The molecule has 1 atom stereocenters. The van der Waals surface area contributed by atoms with Crippen molar-refractivity contribution in [3.05, 3.63) is 15.3 Å². The maximum Gasteiger partial charge on any atom is 0.237 e. The number of hydrazine groups is 1. The van der Waals surface area contributed by atoms with Crippen LogP contribution in [0.4, 0.5) is 0 Å². The number of nitrogens with zero attached hydrogens (tertiary/aromatic N) is 3. The van der Waals surface area contributed by atoms with E-state index in [-0.39, 0.29) is 0 Å². The molecular weight excluding hydrogens is 166 g/mol. The second-order valence-electron chi connectivity index (χ2n) is 2.17. The fourth-order valence-corrected chi connectivity index (χ4v) is 0.649. The standard InChI is InChI=1S/C4H10N4.NO3/c1-4-5-8(3)6-7(4)2;2-1(3)4/h6H,1-3H3;/q;-1/p+1. The predicted molar refractivity (Wildman–Crippen MR) is 41.3 cm³/mol. The first-order valence-corrected chi connectivity index (χ1v) is 3.14. The molecule has 1 aliphatic rings. The minimum Gasteiger partial charge on any atom is -0.356 e. The van der Waals surface area contributed by atoms with Gasteiger partial charge in [0.25, 0.3) is 0 Å². The number of amidine groups is 1. The number of rotatable bonds is 0. The van der Waals surface area contributed by atoms with E-state index in [0.717, 1.165) is 10.8 Å². The Balaban J connectivity index is 0.000000261. The molecular formula is C4H11N5O3. The third-order valence-electron chi connectivity index (χ3n) is 1.17. The van der Waals surface area contributed by atoms with Gasteiger partial charge in [0, 0.05) is 14.0 Å². The van der Waals surface area contributed by atoms with Gasteiger partial charge >= 0.3 is 0 Å². The van der Waals surface area contributed by atoms with Gasteiger partial charge < -0.3 is 15.3 Å². The summed E-state index contributed by atoms with van der Waals surface area (Å²) in [5.74, 6) is 1.06. The molecule has 1 heterocycles. The van der Waals surface area contributed by atoms with Crippen molar-refractivity contribution in [1.29, 1.82) is 0 Å². The molecule has 0 radical (unpaired) electrons. The highest BCUT2D eigenvalue weighted by molar-refractivity contribution is 5.70.